The second kappa shape index (κ2) is 11.1. The van der Waals surface area contributed by atoms with Gasteiger partial charge in [-0.1, -0.05) is 25.1 Å². The van der Waals surface area contributed by atoms with E-state index >= 15 is 0 Å². The van der Waals surface area contributed by atoms with Crippen molar-refractivity contribution in [2.45, 2.75) is 50.6 Å². The van der Waals surface area contributed by atoms with Crippen LogP contribution in [0.2, 0.25) is 0 Å². The van der Waals surface area contributed by atoms with Crippen LogP contribution in [-0.4, -0.2) is 90.2 Å². The topological polar surface area (TPSA) is 57.6 Å². The molecule has 2 saturated heterocycles. The number of carbonyl (C=O) groups excluding carboxylic acids is 1. The summed E-state index contributed by atoms with van der Waals surface area (Å²) in [6.07, 6.45) is 8.23. The molecule has 7 nitrogen and oxygen atoms in total. The van der Waals surface area contributed by atoms with E-state index in [1.165, 1.54) is 0 Å². The Balaban J connectivity index is 1.28. The maximum absolute atomic E-state index is 13.0. The van der Waals surface area contributed by atoms with E-state index in [2.05, 4.69) is 34.5 Å². The van der Waals surface area contributed by atoms with Crippen LogP contribution in [0.3, 0.4) is 0 Å². The summed E-state index contributed by atoms with van der Waals surface area (Å²) in [6, 6.07) is 4.23. The third-order valence-corrected chi connectivity index (χ3v) is 7.49. The molecular weight excluding hydrogens is 456 g/mol. The van der Waals surface area contributed by atoms with Gasteiger partial charge in [0.1, 0.15) is 4.32 Å². The standard InChI is InChI=1S/C24H34N4O3S2/c1-26-10-11-27(24(32)33)16-18(26)7-4-3-5-12-31-22-14-20-19(13-21(22)30-2)23(29)28-9-6-8-17(28)15-25-20/h13-15,17-18H,3-12,16H2,1-2H3,(H,32,33)/t17-,18?/m0/s1. The zero-order chi connectivity index (χ0) is 23.4. The molecule has 0 saturated carbocycles. The first-order valence-corrected chi connectivity index (χ1v) is 12.7. The number of ether oxygens (including phenoxy) is 2. The lowest BCUT2D eigenvalue weighted by molar-refractivity contribution is 0.0774. The number of unbranched alkanes of at least 4 members (excludes halogenated alkanes) is 2. The third-order valence-electron chi connectivity index (χ3n) is 6.95. The van der Waals surface area contributed by atoms with Crippen molar-refractivity contribution in [2.75, 3.05) is 46.9 Å². The Bertz CT molecular complexity index is 910. The number of methoxy groups -OCH3 is 1. The average Bonchev–Trinajstić information content (AvgIpc) is 3.24. The van der Waals surface area contributed by atoms with Gasteiger partial charge in [0.05, 0.1) is 31.0 Å². The first kappa shape index (κ1) is 24.3. The van der Waals surface area contributed by atoms with E-state index in [0.29, 0.717) is 39.7 Å². The maximum atomic E-state index is 13.0. The Labute approximate surface area is 207 Å². The van der Waals surface area contributed by atoms with Crippen molar-refractivity contribution >= 4 is 47.0 Å². The van der Waals surface area contributed by atoms with E-state index in [4.69, 9.17) is 21.7 Å². The molecule has 3 aliphatic rings. The fourth-order valence-corrected chi connectivity index (χ4v) is 5.24. The van der Waals surface area contributed by atoms with Crippen molar-refractivity contribution in [3.8, 4) is 11.5 Å². The third kappa shape index (κ3) is 5.63. The van der Waals surface area contributed by atoms with Crippen LogP contribution < -0.4 is 9.47 Å². The fraction of sp³-hybridized carbons (Fsp3) is 0.625. The molecule has 33 heavy (non-hydrogen) atoms. The van der Waals surface area contributed by atoms with E-state index < -0.39 is 0 Å². The van der Waals surface area contributed by atoms with Gasteiger partial charge in [0.2, 0.25) is 0 Å². The SMILES string of the molecule is COc1cc2c(cc1OCCCCCC1CN(C(=S)S)CCN1C)N=C[C@@H]1CCCN1C2=O. The lowest BCUT2D eigenvalue weighted by Gasteiger charge is -2.40. The number of benzene rings is 1. The highest BCUT2D eigenvalue weighted by atomic mass is 32.1. The van der Waals surface area contributed by atoms with Crippen LogP contribution >= 0.6 is 24.8 Å². The number of rotatable bonds is 8. The lowest BCUT2D eigenvalue weighted by atomic mass is 10.0. The molecular formula is C24H34N4O3S2. The molecule has 0 N–H and O–H groups in total. The summed E-state index contributed by atoms with van der Waals surface area (Å²) < 4.78 is 12.3. The van der Waals surface area contributed by atoms with Gasteiger partial charge in [-0.25, -0.2) is 0 Å². The molecule has 0 aromatic heterocycles. The average molecular weight is 491 g/mol. The molecule has 3 aliphatic heterocycles. The normalized spacial score (nSPS) is 22.7. The number of thiol groups is 1. The Morgan fingerprint density at radius 1 is 1.21 bits per heavy atom. The van der Waals surface area contributed by atoms with Gasteiger partial charge >= 0.3 is 0 Å². The zero-order valence-electron chi connectivity index (χ0n) is 19.5. The summed E-state index contributed by atoms with van der Waals surface area (Å²) >= 11 is 9.57. The van der Waals surface area contributed by atoms with Gasteiger partial charge in [-0.05, 0) is 38.8 Å². The molecule has 2 fully saturated rings. The number of hydrogen-bond donors (Lipinski definition) is 1. The van der Waals surface area contributed by atoms with Crippen LogP contribution in [0.1, 0.15) is 48.9 Å². The van der Waals surface area contributed by atoms with E-state index in [1.807, 2.05) is 17.2 Å². The zero-order valence-corrected chi connectivity index (χ0v) is 21.2. The van der Waals surface area contributed by atoms with Crippen molar-refractivity contribution in [1.29, 1.82) is 0 Å². The lowest BCUT2D eigenvalue weighted by Crippen LogP contribution is -2.51. The summed E-state index contributed by atoms with van der Waals surface area (Å²) in [4.78, 5) is 24.1. The highest BCUT2D eigenvalue weighted by Crippen LogP contribution is 2.38. The van der Waals surface area contributed by atoms with Gasteiger partial charge in [-0.3, -0.25) is 14.7 Å². The highest BCUT2D eigenvalue weighted by Gasteiger charge is 2.32. The smallest absolute Gasteiger partial charge is 0.256 e. The molecule has 0 spiro atoms. The number of amides is 1. The Kier molecular flexibility index (Phi) is 8.14. The van der Waals surface area contributed by atoms with Crippen LogP contribution in [0.25, 0.3) is 0 Å². The summed E-state index contributed by atoms with van der Waals surface area (Å²) in [5, 5.41) is 0. The summed E-state index contributed by atoms with van der Waals surface area (Å²) in [6.45, 7) is 4.33. The van der Waals surface area contributed by atoms with Crippen molar-refractivity contribution in [2.24, 2.45) is 4.99 Å². The number of hydrogen-bond acceptors (Lipinski definition) is 6. The van der Waals surface area contributed by atoms with Crippen LogP contribution in [0.15, 0.2) is 17.1 Å². The van der Waals surface area contributed by atoms with Gasteiger partial charge < -0.3 is 19.3 Å². The molecule has 1 aromatic carbocycles. The maximum Gasteiger partial charge on any atom is 0.256 e. The second-order valence-corrected chi connectivity index (χ2v) is 10.2. The summed E-state index contributed by atoms with van der Waals surface area (Å²) in [7, 11) is 3.80. The van der Waals surface area contributed by atoms with Gasteiger partial charge in [-0.15, -0.1) is 12.6 Å². The van der Waals surface area contributed by atoms with Crippen LogP contribution in [-0.2, 0) is 0 Å². The van der Waals surface area contributed by atoms with Crippen LogP contribution in [0.4, 0.5) is 5.69 Å². The Morgan fingerprint density at radius 2 is 2.06 bits per heavy atom. The molecule has 0 aliphatic carbocycles. The van der Waals surface area contributed by atoms with Crippen LogP contribution in [0.5, 0.6) is 11.5 Å². The molecule has 9 heteroatoms. The first-order valence-electron chi connectivity index (χ1n) is 11.9. The van der Waals surface area contributed by atoms with E-state index in [0.717, 1.165) is 64.7 Å². The minimum absolute atomic E-state index is 0.0276. The molecule has 2 atom stereocenters. The number of fused-ring (bicyclic) bond motifs is 2. The van der Waals surface area contributed by atoms with Gasteiger partial charge in [0.25, 0.3) is 5.91 Å². The van der Waals surface area contributed by atoms with Crippen molar-refractivity contribution in [1.82, 2.24) is 14.7 Å². The number of piperazine rings is 1. The Hall–Kier alpha value is -1.84. The predicted octanol–water partition coefficient (Wildman–Crippen LogP) is 3.79. The molecule has 1 amide bonds. The molecule has 180 valence electrons. The molecule has 4 rings (SSSR count). The molecule has 1 unspecified atom stereocenters. The van der Waals surface area contributed by atoms with Gasteiger partial charge in [0.15, 0.2) is 11.5 Å². The van der Waals surface area contributed by atoms with Gasteiger partial charge in [-0.2, -0.15) is 0 Å². The number of aliphatic imine (C=N–C) groups is 1. The van der Waals surface area contributed by atoms with Crippen molar-refractivity contribution < 1.29 is 14.3 Å². The molecule has 0 radical (unpaired) electrons. The van der Waals surface area contributed by atoms with E-state index in [9.17, 15) is 4.79 Å². The number of nitrogens with zero attached hydrogens (tertiary/aromatic N) is 4. The molecule has 0 bridgehead atoms. The van der Waals surface area contributed by atoms with Gasteiger partial charge in [0, 0.05) is 44.5 Å². The number of carbonyl (C=O) groups is 1. The van der Waals surface area contributed by atoms with E-state index in [1.54, 1.807) is 13.2 Å². The second-order valence-electron chi connectivity index (χ2n) is 9.07. The van der Waals surface area contributed by atoms with Crippen molar-refractivity contribution in [3.63, 3.8) is 0 Å². The van der Waals surface area contributed by atoms with Crippen molar-refractivity contribution in [3.05, 3.63) is 17.7 Å². The predicted molar refractivity (Wildman–Crippen MR) is 139 cm³/mol. The monoisotopic (exact) mass is 490 g/mol. The number of thiocarbonyl (C=S) groups is 1. The minimum Gasteiger partial charge on any atom is -0.493 e. The fourth-order valence-electron chi connectivity index (χ4n) is 4.89. The Morgan fingerprint density at radius 3 is 2.85 bits per heavy atom. The van der Waals surface area contributed by atoms with Crippen LogP contribution in [0, 0.1) is 0 Å². The highest BCUT2D eigenvalue weighted by molar-refractivity contribution is 8.10. The molecule has 1 aromatic rings. The largest absolute Gasteiger partial charge is 0.493 e. The summed E-state index contributed by atoms with van der Waals surface area (Å²) in [5.41, 5.74) is 1.25. The number of likely N-dealkylation sites (N-methyl/N-ethyl adjacent to an activating group) is 1. The minimum atomic E-state index is 0.0276. The van der Waals surface area contributed by atoms with E-state index in [-0.39, 0.29) is 11.9 Å². The summed E-state index contributed by atoms with van der Waals surface area (Å²) in [5.74, 6) is 1.26. The molecule has 3 heterocycles. The quantitative estimate of drug-likeness (QED) is 0.340. The first-order chi connectivity index (χ1) is 16.0.